The average Bonchev–Trinajstić information content (AvgIpc) is 2.76. The molecule has 0 aliphatic heterocycles. The lowest BCUT2D eigenvalue weighted by molar-refractivity contribution is 0.0700. The number of rotatable bonds is 4. The maximum Gasteiger partial charge on any atom is 0.347 e. The van der Waals surface area contributed by atoms with Gasteiger partial charge in [-0.15, -0.1) is 11.3 Å². The number of aromatic carboxylic acids is 1. The topological polar surface area (TPSA) is 50.2 Å². The highest BCUT2D eigenvalue weighted by atomic mass is 35.5. The first-order chi connectivity index (χ1) is 8.97. The zero-order chi connectivity index (χ0) is 14.0. The Morgan fingerprint density at radius 1 is 1.37 bits per heavy atom. The number of hydrogen-bond acceptors (Lipinski definition) is 3. The van der Waals surface area contributed by atoms with Crippen LogP contribution in [0.5, 0.6) is 0 Å². The van der Waals surface area contributed by atoms with Gasteiger partial charge in [-0.25, -0.2) is 9.78 Å². The van der Waals surface area contributed by atoms with E-state index in [4.69, 9.17) is 11.6 Å². The molecule has 0 unspecified atom stereocenters. The molecular weight excluding hydrogens is 282 g/mol. The standard InChI is InChI=1S/C14H14ClNO2S/c1-8(2)12-13(14(17)18)19-11(16-12)7-9-3-5-10(15)6-4-9/h3-6,8H,7H2,1-2H3,(H,17,18). The van der Waals surface area contributed by atoms with Gasteiger partial charge in [0.15, 0.2) is 0 Å². The molecule has 1 heterocycles. The molecule has 19 heavy (non-hydrogen) atoms. The summed E-state index contributed by atoms with van der Waals surface area (Å²) in [5, 5.41) is 10.7. The van der Waals surface area contributed by atoms with Crippen molar-refractivity contribution in [3.05, 3.63) is 50.4 Å². The van der Waals surface area contributed by atoms with Crippen molar-refractivity contribution in [2.24, 2.45) is 0 Å². The summed E-state index contributed by atoms with van der Waals surface area (Å²) in [6, 6.07) is 7.51. The maximum absolute atomic E-state index is 11.2. The van der Waals surface area contributed by atoms with Gasteiger partial charge in [0.25, 0.3) is 0 Å². The molecule has 0 fully saturated rings. The van der Waals surface area contributed by atoms with Crippen LogP contribution < -0.4 is 0 Å². The fourth-order valence-electron chi connectivity index (χ4n) is 1.78. The zero-order valence-corrected chi connectivity index (χ0v) is 12.3. The smallest absolute Gasteiger partial charge is 0.347 e. The lowest BCUT2D eigenvalue weighted by Gasteiger charge is -2.00. The van der Waals surface area contributed by atoms with Gasteiger partial charge in [0.2, 0.25) is 0 Å². The molecule has 0 amide bonds. The molecule has 2 aromatic rings. The SMILES string of the molecule is CC(C)c1nc(Cc2ccc(Cl)cc2)sc1C(=O)O. The van der Waals surface area contributed by atoms with Gasteiger partial charge >= 0.3 is 5.97 Å². The van der Waals surface area contributed by atoms with Crippen molar-refractivity contribution in [1.82, 2.24) is 4.98 Å². The Bertz CT molecular complexity index is 590. The number of halogens is 1. The number of aromatic nitrogens is 1. The van der Waals surface area contributed by atoms with Gasteiger partial charge < -0.3 is 5.11 Å². The molecule has 0 saturated carbocycles. The molecule has 0 aliphatic rings. The van der Waals surface area contributed by atoms with E-state index < -0.39 is 5.97 Å². The Kier molecular flexibility index (Phi) is 4.22. The highest BCUT2D eigenvalue weighted by molar-refractivity contribution is 7.13. The van der Waals surface area contributed by atoms with Crippen molar-refractivity contribution >= 4 is 28.9 Å². The fraction of sp³-hybridized carbons (Fsp3) is 0.286. The van der Waals surface area contributed by atoms with Crippen LogP contribution in [0.4, 0.5) is 0 Å². The van der Waals surface area contributed by atoms with E-state index in [9.17, 15) is 9.90 Å². The van der Waals surface area contributed by atoms with E-state index in [0.29, 0.717) is 22.0 Å². The maximum atomic E-state index is 11.2. The van der Waals surface area contributed by atoms with Gasteiger partial charge in [0, 0.05) is 11.4 Å². The number of hydrogen-bond donors (Lipinski definition) is 1. The minimum absolute atomic E-state index is 0.112. The van der Waals surface area contributed by atoms with Gasteiger partial charge in [-0.2, -0.15) is 0 Å². The molecule has 0 spiro atoms. The van der Waals surface area contributed by atoms with Gasteiger partial charge in [0.1, 0.15) is 4.88 Å². The molecule has 3 nitrogen and oxygen atoms in total. The minimum Gasteiger partial charge on any atom is -0.477 e. The second-order valence-electron chi connectivity index (χ2n) is 4.59. The van der Waals surface area contributed by atoms with Crippen LogP contribution in [0.1, 0.15) is 45.7 Å². The highest BCUT2D eigenvalue weighted by Gasteiger charge is 2.19. The largest absolute Gasteiger partial charge is 0.477 e. The number of carboxylic acids is 1. The number of nitrogens with zero attached hydrogens (tertiary/aromatic N) is 1. The van der Waals surface area contributed by atoms with E-state index in [-0.39, 0.29) is 5.92 Å². The number of carboxylic acid groups (broad SMARTS) is 1. The van der Waals surface area contributed by atoms with E-state index >= 15 is 0 Å². The second-order valence-corrected chi connectivity index (χ2v) is 6.11. The predicted molar refractivity (Wildman–Crippen MR) is 77.4 cm³/mol. The van der Waals surface area contributed by atoms with Gasteiger partial charge in [-0.3, -0.25) is 0 Å². The van der Waals surface area contributed by atoms with Crippen molar-refractivity contribution in [3.63, 3.8) is 0 Å². The quantitative estimate of drug-likeness (QED) is 0.919. The van der Waals surface area contributed by atoms with Crippen LogP contribution in [0, 0.1) is 0 Å². The molecule has 5 heteroatoms. The van der Waals surface area contributed by atoms with Crippen LogP contribution >= 0.6 is 22.9 Å². The third kappa shape index (κ3) is 3.33. The van der Waals surface area contributed by atoms with E-state index in [1.165, 1.54) is 11.3 Å². The summed E-state index contributed by atoms with van der Waals surface area (Å²) < 4.78 is 0. The molecule has 1 N–H and O–H groups in total. The summed E-state index contributed by atoms with van der Waals surface area (Å²) in [5.41, 5.74) is 1.74. The first-order valence-corrected chi connectivity index (χ1v) is 7.14. The molecule has 100 valence electrons. The Morgan fingerprint density at radius 2 is 2.00 bits per heavy atom. The summed E-state index contributed by atoms with van der Waals surface area (Å²) in [7, 11) is 0. The summed E-state index contributed by atoms with van der Waals surface area (Å²) in [4.78, 5) is 16.0. The van der Waals surface area contributed by atoms with Crippen LogP contribution in [0.25, 0.3) is 0 Å². The van der Waals surface area contributed by atoms with E-state index in [0.717, 1.165) is 10.6 Å². The van der Waals surface area contributed by atoms with Crippen molar-refractivity contribution < 1.29 is 9.90 Å². The normalized spacial score (nSPS) is 10.9. The fourth-order valence-corrected chi connectivity index (χ4v) is 2.99. The second kappa shape index (κ2) is 5.72. The van der Waals surface area contributed by atoms with E-state index in [1.54, 1.807) is 0 Å². The first kappa shape index (κ1) is 14.0. The Morgan fingerprint density at radius 3 is 2.47 bits per heavy atom. The third-order valence-corrected chi connectivity index (χ3v) is 4.02. The minimum atomic E-state index is -0.899. The lowest BCUT2D eigenvalue weighted by Crippen LogP contribution is -2.00. The third-order valence-electron chi connectivity index (χ3n) is 2.71. The molecule has 1 aromatic heterocycles. The van der Waals surface area contributed by atoms with Crippen LogP contribution in [0.3, 0.4) is 0 Å². The van der Waals surface area contributed by atoms with Crippen molar-refractivity contribution in [3.8, 4) is 0 Å². The average molecular weight is 296 g/mol. The molecule has 0 atom stereocenters. The number of carbonyl (C=O) groups is 1. The van der Waals surface area contributed by atoms with Crippen molar-refractivity contribution in [2.75, 3.05) is 0 Å². The van der Waals surface area contributed by atoms with Gasteiger partial charge in [-0.05, 0) is 23.6 Å². The first-order valence-electron chi connectivity index (χ1n) is 5.94. The molecule has 0 radical (unpaired) electrons. The summed E-state index contributed by atoms with van der Waals surface area (Å²) in [5.74, 6) is -0.787. The molecular formula is C14H14ClNO2S. The van der Waals surface area contributed by atoms with Gasteiger partial charge in [-0.1, -0.05) is 37.6 Å². The molecule has 0 bridgehead atoms. The van der Waals surface area contributed by atoms with Crippen LogP contribution in [-0.4, -0.2) is 16.1 Å². The van der Waals surface area contributed by atoms with Crippen LogP contribution in [-0.2, 0) is 6.42 Å². The Labute approximate surface area is 120 Å². The predicted octanol–water partition coefficient (Wildman–Crippen LogP) is 4.21. The Balaban J connectivity index is 2.28. The number of thiazole rings is 1. The Hall–Kier alpha value is -1.39. The van der Waals surface area contributed by atoms with Crippen molar-refractivity contribution in [2.45, 2.75) is 26.2 Å². The van der Waals surface area contributed by atoms with E-state index in [2.05, 4.69) is 4.98 Å². The molecule has 0 aliphatic carbocycles. The molecule has 0 saturated heterocycles. The lowest BCUT2D eigenvalue weighted by atomic mass is 10.1. The number of benzene rings is 1. The zero-order valence-electron chi connectivity index (χ0n) is 10.7. The van der Waals surface area contributed by atoms with Crippen molar-refractivity contribution in [1.29, 1.82) is 0 Å². The molecule has 1 aromatic carbocycles. The highest BCUT2D eigenvalue weighted by Crippen LogP contribution is 2.27. The monoisotopic (exact) mass is 295 g/mol. The summed E-state index contributed by atoms with van der Waals surface area (Å²) >= 11 is 7.09. The van der Waals surface area contributed by atoms with E-state index in [1.807, 2.05) is 38.1 Å². The summed E-state index contributed by atoms with van der Waals surface area (Å²) in [6.07, 6.45) is 0.634. The molecule has 2 rings (SSSR count). The van der Waals surface area contributed by atoms with Gasteiger partial charge in [0.05, 0.1) is 10.7 Å². The summed E-state index contributed by atoms with van der Waals surface area (Å²) in [6.45, 7) is 3.90. The van der Waals surface area contributed by atoms with Crippen LogP contribution in [0.2, 0.25) is 5.02 Å². The van der Waals surface area contributed by atoms with Crippen LogP contribution in [0.15, 0.2) is 24.3 Å².